The molecule has 134 valence electrons. The lowest BCUT2D eigenvalue weighted by atomic mass is 9.86. The fourth-order valence-corrected chi connectivity index (χ4v) is 3.16. The first-order valence-electron chi connectivity index (χ1n) is 8.49. The topological polar surface area (TPSA) is 39.7 Å². The van der Waals surface area contributed by atoms with Crippen molar-refractivity contribution in [2.75, 3.05) is 32.7 Å². The molecule has 0 saturated carbocycles. The zero-order chi connectivity index (χ0) is 17.7. The zero-order valence-electron chi connectivity index (χ0n) is 14.7. The van der Waals surface area contributed by atoms with E-state index in [0.29, 0.717) is 38.4 Å². The third-order valence-corrected chi connectivity index (χ3v) is 4.74. The number of nitrogens with one attached hydrogen (secondary N) is 1. The smallest absolute Gasteiger partial charge is 0.127 e. The van der Waals surface area contributed by atoms with E-state index in [1.54, 1.807) is 7.11 Å². The van der Waals surface area contributed by atoms with Crippen molar-refractivity contribution in [3.63, 3.8) is 0 Å². The third kappa shape index (κ3) is 4.11. The molecule has 0 radical (unpaired) electrons. The molecule has 0 spiro atoms. The van der Waals surface area contributed by atoms with Gasteiger partial charge in [0.2, 0.25) is 0 Å². The molecule has 1 fully saturated rings. The second-order valence-electron chi connectivity index (χ2n) is 6.22. The molecule has 1 aliphatic heterocycles. The monoisotopic (exact) mass is 345 g/mol. The number of benzene rings is 2. The maximum absolute atomic E-state index is 14.1. The predicted octanol–water partition coefficient (Wildman–Crippen LogP) is 4.10. The maximum Gasteiger partial charge on any atom is 0.127 e. The Morgan fingerprint density at radius 1 is 1.12 bits per heavy atom. The van der Waals surface area contributed by atoms with Gasteiger partial charge >= 0.3 is 0 Å². The van der Waals surface area contributed by atoms with Gasteiger partial charge in [0.15, 0.2) is 0 Å². The molecule has 0 amide bonds. The van der Waals surface area contributed by atoms with Crippen LogP contribution >= 0.6 is 0 Å². The van der Waals surface area contributed by atoms with Crippen LogP contribution in [-0.2, 0) is 21.7 Å². The normalized spacial score (nSPS) is 16.4. The zero-order valence-corrected chi connectivity index (χ0v) is 14.7. The van der Waals surface area contributed by atoms with Crippen molar-refractivity contribution in [3.8, 4) is 5.75 Å². The van der Waals surface area contributed by atoms with Crippen molar-refractivity contribution in [2.45, 2.75) is 25.0 Å². The largest absolute Gasteiger partial charge is 0.489 e. The van der Waals surface area contributed by atoms with Crippen LogP contribution in [0.2, 0.25) is 0 Å². The van der Waals surface area contributed by atoms with E-state index in [1.165, 1.54) is 12.1 Å². The van der Waals surface area contributed by atoms with Crippen LogP contribution in [0.15, 0.2) is 42.5 Å². The summed E-state index contributed by atoms with van der Waals surface area (Å²) in [5.41, 5.74) is 2.36. The maximum atomic E-state index is 14.1. The number of ether oxygens (including phenoxy) is 3. The summed E-state index contributed by atoms with van der Waals surface area (Å²) in [6.45, 7) is 1.60. The fourth-order valence-electron chi connectivity index (χ4n) is 3.16. The molecule has 1 aliphatic rings. The molecule has 4 nitrogen and oxygen atoms in total. The summed E-state index contributed by atoms with van der Waals surface area (Å²) in [7, 11) is 3.54. The van der Waals surface area contributed by atoms with Gasteiger partial charge in [0.1, 0.15) is 18.2 Å². The van der Waals surface area contributed by atoms with Crippen molar-refractivity contribution in [2.24, 2.45) is 0 Å². The Bertz CT molecular complexity index is 697. The Balaban J connectivity index is 1.76. The second kappa shape index (κ2) is 7.85. The number of halogens is 1. The summed E-state index contributed by atoms with van der Waals surface area (Å²) in [5.74, 6) is 0.191. The number of anilines is 1. The summed E-state index contributed by atoms with van der Waals surface area (Å²) >= 11 is 0. The van der Waals surface area contributed by atoms with Crippen molar-refractivity contribution >= 4 is 5.69 Å². The third-order valence-electron chi connectivity index (χ3n) is 4.74. The number of hydrogen-bond donors (Lipinski definition) is 1. The molecule has 0 atom stereocenters. The van der Waals surface area contributed by atoms with E-state index in [0.717, 1.165) is 16.8 Å². The Labute approximate surface area is 147 Å². The standard InChI is InChI=1S/C20H24FNO3/c1-22-18-5-3-15(4-6-18)14-25-19-12-16(11-17(21)13-19)20(23-2)7-9-24-10-8-20/h3-6,11-13,22H,7-10,14H2,1-2H3. The molecule has 2 aromatic rings. The first-order chi connectivity index (χ1) is 12.1. The number of methoxy groups -OCH3 is 1. The lowest BCUT2D eigenvalue weighted by Crippen LogP contribution is -2.35. The molecule has 1 saturated heterocycles. The molecule has 25 heavy (non-hydrogen) atoms. The Kier molecular flexibility index (Phi) is 5.56. The van der Waals surface area contributed by atoms with E-state index >= 15 is 0 Å². The summed E-state index contributed by atoms with van der Waals surface area (Å²) in [6, 6.07) is 12.8. The summed E-state index contributed by atoms with van der Waals surface area (Å²) in [4.78, 5) is 0. The minimum atomic E-state index is -0.507. The van der Waals surface area contributed by atoms with Crippen LogP contribution in [0.3, 0.4) is 0 Å². The molecule has 0 unspecified atom stereocenters. The molecule has 3 rings (SSSR count). The van der Waals surface area contributed by atoms with Gasteiger partial charge in [-0.05, 0) is 35.4 Å². The first kappa shape index (κ1) is 17.7. The Morgan fingerprint density at radius 2 is 1.84 bits per heavy atom. The van der Waals surface area contributed by atoms with Crippen LogP contribution in [-0.4, -0.2) is 27.4 Å². The molecule has 2 aromatic carbocycles. The lowest BCUT2D eigenvalue weighted by molar-refractivity contribution is -0.0950. The quantitative estimate of drug-likeness (QED) is 0.856. The predicted molar refractivity (Wildman–Crippen MR) is 95.5 cm³/mol. The Hall–Kier alpha value is -2.11. The molecule has 5 heteroatoms. The molecule has 1 N–H and O–H groups in total. The summed E-state index contributed by atoms with van der Waals surface area (Å²) in [5, 5.41) is 3.08. The number of hydrogen-bond acceptors (Lipinski definition) is 4. The highest BCUT2D eigenvalue weighted by atomic mass is 19.1. The van der Waals surface area contributed by atoms with Gasteiger partial charge < -0.3 is 19.5 Å². The Morgan fingerprint density at radius 3 is 2.48 bits per heavy atom. The highest BCUT2D eigenvalue weighted by molar-refractivity contribution is 5.43. The van der Waals surface area contributed by atoms with Crippen LogP contribution in [0.5, 0.6) is 5.75 Å². The first-order valence-corrected chi connectivity index (χ1v) is 8.49. The van der Waals surface area contributed by atoms with Gasteiger partial charge in [-0.3, -0.25) is 0 Å². The summed E-state index contributed by atoms with van der Waals surface area (Å²) < 4.78 is 31.1. The van der Waals surface area contributed by atoms with E-state index in [9.17, 15) is 4.39 Å². The minimum Gasteiger partial charge on any atom is -0.489 e. The van der Waals surface area contributed by atoms with E-state index in [2.05, 4.69) is 5.32 Å². The molecule has 0 aliphatic carbocycles. The van der Waals surface area contributed by atoms with Crippen molar-refractivity contribution in [1.82, 2.24) is 0 Å². The molecule has 1 heterocycles. The molecular formula is C20H24FNO3. The van der Waals surface area contributed by atoms with Crippen molar-refractivity contribution < 1.29 is 18.6 Å². The van der Waals surface area contributed by atoms with Gasteiger partial charge in [0, 0.05) is 52.0 Å². The number of rotatable bonds is 6. The van der Waals surface area contributed by atoms with E-state index in [4.69, 9.17) is 14.2 Å². The molecular weight excluding hydrogens is 321 g/mol. The van der Waals surface area contributed by atoms with Gasteiger partial charge in [-0.25, -0.2) is 4.39 Å². The van der Waals surface area contributed by atoms with Crippen molar-refractivity contribution in [3.05, 3.63) is 59.4 Å². The van der Waals surface area contributed by atoms with Crippen molar-refractivity contribution in [1.29, 1.82) is 0 Å². The van der Waals surface area contributed by atoms with E-state index in [1.807, 2.05) is 37.4 Å². The lowest BCUT2D eigenvalue weighted by Gasteiger charge is -2.36. The van der Waals surface area contributed by atoms with Crippen LogP contribution in [0, 0.1) is 5.82 Å². The van der Waals surface area contributed by atoms with Gasteiger partial charge in [-0.15, -0.1) is 0 Å². The molecule has 0 aromatic heterocycles. The average Bonchev–Trinajstić information content (AvgIpc) is 2.67. The van der Waals surface area contributed by atoms with Crippen LogP contribution in [0.1, 0.15) is 24.0 Å². The van der Waals surface area contributed by atoms with Gasteiger partial charge in [-0.2, -0.15) is 0 Å². The highest BCUT2D eigenvalue weighted by Gasteiger charge is 2.35. The van der Waals surface area contributed by atoms with E-state index in [-0.39, 0.29) is 5.82 Å². The van der Waals surface area contributed by atoms with Gasteiger partial charge in [0.25, 0.3) is 0 Å². The summed E-state index contributed by atoms with van der Waals surface area (Å²) in [6.07, 6.45) is 1.41. The molecule has 0 bridgehead atoms. The average molecular weight is 345 g/mol. The second-order valence-corrected chi connectivity index (χ2v) is 6.22. The highest BCUT2D eigenvalue weighted by Crippen LogP contribution is 2.37. The van der Waals surface area contributed by atoms with Crippen LogP contribution < -0.4 is 10.1 Å². The van der Waals surface area contributed by atoms with Crippen LogP contribution in [0.4, 0.5) is 10.1 Å². The minimum absolute atomic E-state index is 0.319. The SMILES string of the molecule is CNc1ccc(COc2cc(F)cc(C3(OC)CCOCC3)c2)cc1. The van der Waals surface area contributed by atoms with Gasteiger partial charge in [0.05, 0.1) is 5.60 Å². The fraction of sp³-hybridized carbons (Fsp3) is 0.400. The van der Waals surface area contributed by atoms with Crippen LogP contribution in [0.25, 0.3) is 0 Å². The van der Waals surface area contributed by atoms with Gasteiger partial charge in [-0.1, -0.05) is 12.1 Å². The van der Waals surface area contributed by atoms with E-state index < -0.39 is 5.60 Å².